The maximum absolute atomic E-state index is 12.9. The molecule has 1 unspecified atom stereocenters. The smallest absolute Gasteiger partial charge is 0.123 e. The van der Waals surface area contributed by atoms with Gasteiger partial charge in [0.15, 0.2) is 0 Å². The van der Waals surface area contributed by atoms with Crippen LogP contribution in [0.1, 0.15) is 37.7 Å². The van der Waals surface area contributed by atoms with Gasteiger partial charge in [-0.05, 0) is 43.0 Å². The molecule has 1 atom stereocenters. The first kappa shape index (κ1) is 13.3. The number of halogens is 1. The summed E-state index contributed by atoms with van der Waals surface area (Å²) < 4.78 is 12.9. The maximum Gasteiger partial charge on any atom is 0.123 e. The third kappa shape index (κ3) is 3.70. The third-order valence-electron chi connectivity index (χ3n) is 3.80. The molecular formula is C15H22FNO. The van der Waals surface area contributed by atoms with Gasteiger partial charge >= 0.3 is 0 Å². The van der Waals surface area contributed by atoms with Gasteiger partial charge in [-0.15, -0.1) is 0 Å². The maximum atomic E-state index is 12.9. The normalized spacial score (nSPS) is 17.9. The molecule has 1 aromatic rings. The van der Waals surface area contributed by atoms with Gasteiger partial charge in [-0.25, -0.2) is 4.39 Å². The van der Waals surface area contributed by atoms with Crippen LogP contribution in [0.25, 0.3) is 0 Å². The molecule has 0 heterocycles. The Labute approximate surface area is 108 Å². The summed E-state index contributed by atoms with van der Waals surface area (Å²) in [6.07, 6.45) is 5.70. The van der Waals surface area contributed by atoms with Gasteiger partial charge in [0.25, 0.3) is 0 Å². The summed E-state index contributed by atoms with van der Waals surface area (Å²) in [5.41, 5.74) is 1.78. The minimum Gasteiger partial charge on any atom is -0.391 e. The largest absolute Gasteiger partial charge is 0.391 e. The van der Waals surface area contributed by atoms with Gasteiger partial charge in [0.2, 0.25) is 0 Å². The highest BCUT2D eigenvalue weighted by atomic mass is 19.1. The van der Waals surface area contributed by atoms with Gasteiger partial charge in [0, 0.05) is 12.2 Å². The highest BCUT2D eigenvalue weighted by Crippen LogP contribution is 2.28. The van der Waals surface area contributed by atoms with Crippen LogP contribution in [0.15, 0.2) is 18.2 Å². The number of hydrogen-bond donors (Lipinski definition) is 2. The Hall–Kier alpha value is -1.09. The van der Waals surface area contributed by atoms with Crippen molar-refractivity contribution in [1.29, 1.82) is 0 Å². The zero-order valence-electron chi connectivity index (χ0n) is 11.0. The molecule has 100 valence electrons. The van der Waals surface area contributed by atoms with E-state index in [4.69, 9.17) is 0 Å². The Morgan fingerprint density at radius 2 is 2.11 bits per heavy atom. The van der Waals surface area contributed by atoms with Crippen LogP contribution in [-0.2, 0) is 0 Å². The lowest BCUT2D eigenvalue weighted by atomic mass is 10.00. The number of hydrogen-bond acceptors (Lipinski definition) is 2. The number of rotatable bonds is 5. The SMILES string of the molecule is Cc1cc(F)ccc1NCC(O)CC1CCCC1. The summed E-state index contributed by atoms with van der Waals surface area (Å²) in [6.45, 7) is 2.41. The van der Waals surface area contributed by atoms with Crippen molar-refractivity contribution >= 4 is 5.69 Å². The first-order valence-electron chi connectivity index (χ1n) is 6.83. The predicted molar refractivity (Wildman–Crippen MR) is 72.2 cm³/mol. The second-order valence-corrected chi connectivity index (χ2v) is 5.38. The lowest BCUT2D eigenvalue weighted by Crippen LogP contribution is -2.22. The topological polar surface area (TPSA) is 32.3 Å². The molecule has 0 saturated heterocycles. The lowest BCUT2D eigenvalue weighted by molar-refractivity contribution is 0.155. The molecule has 0 aromatic heterocycles. The molecule has 2 N–H and O–H groups in total. The minimum absolute atomic E-state index is 0.218. The van der Waals surface area contributed by atoms with Crippen molar-refractivity contribution in [2.45, 2.75) is 45.1 Å². The zero-order chi connectivity index (χ0) is 13.0. The summed E-state index contributed by atoms with van der Waals surface area (Å²) >= 11 is 0. The van der Waals surface area contributed by atoms with Crippen molar-refractivity contribution in [3.8, 4) is 0 Å². The number of aliphatic hydroxyl groups is 1. The fourth-order valence-electron chi connectivity index (χ4n) is 2.77. The van der Waals surface area contributed by atoms with E-state index in [2.05, 4.69) is 5.32 Å². The van der Waals surface area contributed by atoms with Crippen molar-refractivity contribution in [3.63, 3.8) is 0 Å². The molecule has 1 aliphatic carbocycles. The number of anilines is 1. The molecule has 0 amide bonds. The Balaban J connectivity index is 1.79. The van der Waals surface area contributed by atoms with Crippen molar-refractivity contribution in [1.82, 2.24) is 0 Å². The summed E-state index contributed by atoms with van der Waals surface area (Å²) in [7, 11) is 0. The van der Waals surface area contributed by atoms with E-state index in [9.17, 15) is 9.50 Å². The average Bonchev–Trinajstić information content (AvgIpc) is 2.80. The second-order valence-electron chi connectivity index (χ2n) is 5.38. The number of benzene rings is 1. The van der Waals surface area contributed by atoms with Crippen molar-refractivity contribution in [2.24, 2.45) is 5.92 Å². The zero-order valence-corrected chi connectivity index (χ0v) is 11.0. The molecule has 18 heavy (non-hydrogen) atoms. The summed E-state index contributed by atoms with van der Waals surface area (Å²) in [6, 6.07) is 4.68. The van der Waals surface area contributed by atoms with Crippen LogP contribution in [-0.4, -0.2) is 17.8 Å². The van der Waals surface area contributed by atoms with Gasteiger partial charge < -0.3 is 10.4 Å². The van der Waals surface area contributed by atoms with E-state index >= 15 is 0 Å². The summed E-state index contributed by atoms with van der Waals surface area (Å²) in [5, 5.41) is 13.2. The average molecular weight is 251 g/mol. The van der Waals surface area contributed by atoms with E-state index < -0.39 is 0 Å². The van der Waals surface area contributed by atoms with Gasteiger partial charge in [0.05, 0.1) is 6.10 Å². The van der Waals surface area contributed by atoms with E-state index in [1.807, 2.05) is 6.92 Å². The molecule has 0 spiro atoms. The van der Waals surface area contributed by atoms with Crippen LogP contribution in [0, 0.1) is 18.7 Å². The molecule has 1 aliphatic rings. The van der Waals surface area contributed by atoms with E-state index in [1.165, 1.54) is 37.8 Å². The molecule has 0 bridgehead atoms. The van der Waals surface area contributed by atoms with Crippen LogP contribution >= 0.6 is 0 Å². The Bertz CT molecular complexity index is 388. The van der Waals surface area contributed by atoms with Gasteiger partial charge in [0.1, 0.15) is 5.82 Å². The Kier molecular flexibility index (Phi) is 4.59. The molecule has 0 aliphatic heterocycles. The summed E-state index contributed by atoms with van der Waals surface area (Å²) in [4.78, 5) is 0. The molecular weight excluding hydrogens is 229 g/mol. The molecule has 1 aromatic carbocycles. The van der Waals surface area contributed by atoms with Crippen molar-refractivity contribution in [2.75, 3.05) is 11.9 Å². The number of nitrogens with one attached hydrogen (secondary N) is 1. The Morgan fingerprint density at radius 1 is 1.39 bits per heavy atom. The highest BCUT2D eigenvalue weighted by molar-refractivity contribution is 5.50. The monoisotopic (exact) mass is 251 g/mol. The van der Waals surface area contributed by atoms with Crippen LogP contribution in [0.2, 0.25) is 0 Å². The molecule has 2 nitrogen and oxygen atoms in total. The molecule has 3 heteroatoms. The third-order valence-corrected chi connectivity index (χ3v) is 3.80. The predicted octanol–water partition coefficient (Wildman–Crippen LogP) is 3.49. The van der Waals surface area contributed by atoms with Gasteiger partial charge in [-0.2, -0.15) is 0 Å². The van der Waals surface area contributed by atoms with Crippen LogP contribution in [0.3, 0.4) is 0 Å². The number of aliphatic hydroxyl groups excluding tert-OH is 1. The van der Waals surface area contributed by atoms with Crippen LogP contribution in [0.5, 0.6) is 0 Å². The van der Waals surface area contributed by atoms with Crippen molar-refractivity contribution < 1.29 is 9.50 Å². The van der Waals surface area contributed by atoms with Gasteiger partial charge in [-0.3, -0.25) is 0 Å². The lowest BCUT2D eigenvalue weighted by Gasteiger charge is -2.17. The fraction of sp³-hybridized carbons (Fsp3) is 0.600. The van der Waals surface area contributed by atoms with Crippen LogP contribution in [0.4, 0.5) is 10.1 Å². The minimum atomic E-state index is -0.308. The quantitative estimate of drug-likeness (QED) is 0.839. The first-order chi connectivity index (χ1) is 8.65. The van der Waals surface area contributed by atoms with E-state index in [-0.39, 0.29) is 11.9 Å². The van der Waals surface area contributed by atoms with E-state index in [0.29, 0.717) is 12.5 Å². The van der Waals surface area contributed by atoms with Gasteiger partial charge in [-0.1, -0.05) is 25.7 Å². The number of aryl methyl sites for hydroxylation is 1. The molecule has 1 saturated carbocycles. The van der Waals surface area contributed by atoms with Crippen molar-refractivity contribution in [3.05, 3.63) is 29.6 Å². The first-order valence-corrected chi connectivity index (χ1v) is 6.83. The van der Waals surface area contributed by atoms with Crippen LogP contribution < -0.4 is 5.32 Å². The second kappa shape index (κ2) is 6.19. The standard InChI is InChI=1S/C15H22FNO/c1-11-8-13(16)6-7-15(11)17-10-14(18)9-12-4-2-3-5-12/h6-8,12,14,17-18H,2-5,9-10H2,1H3. The Morgan fingerprint density at radius 3 is 2.78 bits per heavy atom. The summed E-state index contributed by atoms with van der Waals surface area (Å²) in [5.74, 6) is 0.473. The molecule has 2 rings (SSSR count). The highest BCUT2D eigenvalue weighted by Gasteiger charge is 2.18. The van der Waals surface area contributed by atoms with E-state index in [1.54, 1.807) is 6.07 Å². The van der Waals surface area contributed by atoms with E-state index in [0.717, 1.165) is 17.7 Å². The fourth-order valence-corrected chi connectivity index (χ4v) is 2.77. The molecule has 0 radical (unpaired) electrons. The molecule has 1 fully saturated rings.